The first-order chi connectivity index (χ1) is 9.71. The van der Waals surface area contributed by atoms with E-state index in [2.05, 4.69) is 4.98 Å². The minimum absolute atomic E-state index is 0.132. The predicted octanol–water partition coefficient (Wildman–Crippen LogP) is 2.60. The van der Waals surface area contributed by atoms with Crippen LogP contribution in [0.4, 0.5) is 13.2 Å². The highest BCUT2D eigenvalue weighted by molar-refractivity contribution is 6.32. The summed E-state index contributed by atoms with van der Waals surface area (Å²) in [4.78, 5) is 26.1. The van der Waals surface area contributed by atoms with Crippen molar-refractivity contribution in [3.05, 3.63) is 57.2 Å². The molecule has 0 saturated heterocycles. The van der Waals surface area contributed by atoms with Gasteiger partial charge in [-0.2, -0.15) is 13.2 Å². The monoisotopic (exact) mass is 318 g/mol. The summed E-state index contributed by atoms with van der Waals surface area (Å²) in [6, 6.07) is 2.40. The minimum Gasteiger partial charge on any atom is -0.476 e. The summed E-state index contributed by atoms with van der Waals surface area (Å²) < 4.78 is 38.8. The minimum atomic E-state index is -4.62. The molecule has 1 aromatic heterocycles. The first-order valence-electron chi connectivity index (χ1n) is 5.40. The summed E-state index contributed by atoms with van der Waals surface area (Å²) in [5, 5.41) is 8.67. The Balaban J connectivity index is 2.71. The van der Waals surface area contributed by atoms with Gasteiger partial charge in [-0.25, -0.2) is 9.78 Å². The van der Waals surface area contributed by atoms with E-state index in [1.54, 1.807) is 0 Å². The molecule has 0 radical (unpaired) electrons. The summed E-state index contributed by atoms with van der Waals surface area (Å²) in [6.45, 7) is 0. The molecular formula is C12H6ClF3N2O3. The Kier molecular flexibility index (Phi) is 3.73. The Morgan fingerprint density at radius 3 is 2.57 bits per heavy atom. The zero-order chi connectivity index (χ0) is 15.8. The van der Waals surface area contributed by atoms with Crippen LogP contribution in [0.15, 0.2) is 35.4 Å². The molecule has 1 aromatic carbocycles. The molecule has 0 atom stereocenters. The van der Waals surface area contributed by atoms with Crippen molar-refractivity contribution in [2.24, 2.45) is 0 Å². The van der Waals surface area contributed by atoms with Crippen LogP contribution in [0.3, 0.4) is 0 Å². The quantitative estimate of drug-likeness (QED) is 0.924. The molecule has 0 spiro atoms. The van der Waals surface area contributed by atoms with Crippen LogP contribution in [0.5, 0.6) is 0 Å². The zero-order valence-electron chi connectivity index (χ0n) is 10.1. The molecule has 5 nitrogen and oxygen atoms in total. The van der Waals surface area contributed by atoms with E-state index < -0.39 is 29.0 Å². The first kappa shape index (κ1) is 15.0. The third-order valence-electron chi connectivity index (χ3n) is 2.58. The number of aromatic carboxylic acids is 1. The first-order valence-corrected chi connectivity index (χ1v) is 5.77. The Hall–Kier alpha value is -2.35. The molecule has 0 aliphatic heterocycles. The topological polar surface area (TPSA) is 72.2 Å². The van der Waals surface area contributed by atoms with Crippen molar-refractivity contribution < 1.29 is 23.1 Å². The Morgan fingerprint density at radius 2 is 2.00 bits per heavy atom. The maximum absolute atomic E-state index is 12.7. The van der Waals surface area contributed by atoms with Gasteiger partial charge >= 0.3 is 12.1 Å². The summed E-state index contributed by atoms with van der Waals surface area (Å²) in [6.07, 6.45) is -2.59. The fourth-order valence-corrected chi connectivity index (χ4v) is 1.83. The molecule has 0 amide bonds. The van der Waals surface area contributed by atoms with Gasteiger partial charge in [0.05, 0.1) is 16.3 Å². The fourth-order valence-electron chi connectivity index (χ4n) is 1.62. The van der Waals surface area contributed by atoms with Gasteiger partial charge in [0.1, 0.15) is 0 Å². The van der Waals surface area contributed by atoms with Crippen molar-refractivity contribution in [3.63, 3.8) is 0 Å². The lowest BCUT2D eigenvalue weighted by atomic mass is 10.2. The molecule has 2 rings (SSSR count). The maximum atomic E-state index is 12.7. The highest BCUT2D eigenvalue weighted by atomic mass is 35.5. The zero-order valence-corrected chi connectivity index (χ0v) is 10.8. The largest absolute Gasteiger partial charge is 0.476 e. The Morgan fingerprint density at radius 1 is 1.33 bits per heavy atom. The summed E-state index contributed by atoms with van der Waals surface area (Å²) in [5.74, 6) is -1.59. The number of nitrogens with zero attached hydrogens (tertiary/aromatic N) is 2. The van der Waals surface area contributed by atoms with Crippen LogP contribution in [0.25, 0.3) is 5.69 Å². The van der Waals surface area contributed by atoms with Gasteiger partial charge in [0, 0.05) is 12.4 Å². The highest BCUT2D eigenvalue weighted by Gasteiger charge is 2.31. The molecule has 9 heteroatoms. The highest BCUT2D eigenvalue weighted by Crippen LogP contribution is 2.32. The molecule has 1 heterocycles. The fraction of sp³-hybridized carbons (Fsp3) is 0.0833. The number of hydrogen-bond acceptors (Lipinski definition) is 3. The average Bonchev–Trinajstić information content (AvgIpc) is 2.38. The number of carbonyl (C=O) groups is 1. The van der Waals surface area contributed by atoms with Crippen molar-refractivity contribution in [1.29, 1.82) is 0 Å². The molecule has 0 bridgehead atoms. The van der Waals surface area contributed by atoms with Crippen LogP contribution in [-0.2, 0) is 6.18 Å². The molecule has 2 aromatic rings. The number of aromatic nitrogens is 2. The number of alkyl halides is 3. The Labute approximate surface area is 120 Å². The third kappa shape index (κ3) is 2.89. The van der Waals surface area contributed by atoms with Crippen molar-refractivity contribution >= 4 is 17.6 Å². The average molecular weight is 319 g/mol. The predicted molar refractivity (Wildman–Crippen MR) is 66.8 cm³/mol. The number of hydrogen-bond donors (Lipinski definition) is 1. The van der Waals surface area contributed by atoms with Gasteiger partial charge in [-0.3, -0.25) is 9.36 Å². The van der Waals surface area contributed by atoms with E-state index in [-0.39, 0.29) is 10.7 Å². The summed E-state index contributed by atoms with van der Waals surface area (Å²) >= 11 is 5.79. The van der Waals surface area contributed by atoms with E-state index in [0.717, 1.165) is 24.5 Å². The van der Waals surface area contributed by atoms with Gasteiger partial charge < -0.3 is 5.11 Å². The lowest BCUT2D eigenvalue weighted by Gasteiger charge is -2.12. The van der Waals surface area contributed by atoms with Gasteiger partial charge in [0.25, 0.3) is 5.56 Å². The van der Waals surface area contributed by atoms with Crippen molar-refractivity contribution in [2.45, 2.75) is 6.18 Å². The maximum Gasteiger partial charge on any atom is 0.416 e. The number of halogens is 4. The van der Waals surface area contributed by atoms with Crippen LogP contribution in [0.1, 0.15) is 16.1 Å². The van der Waals surface area contributed by atoms with Gasteiger partial charge in [-0.05, 0) is 18.2 Å². The number of benzene rings is 1. The number of carboxylic acids is 1. The molecule has 110 valence electrons. The molecule has 0 aliphatic rings. The summed E-state index contributed by atoms with van der Waals surface area (Å²) in [7, 11) is 0. The van der Waals surface area contributed by atoms with Crippen molar-refractivity contribution in [2.75, 3.05) is 0 Å². The van der Waals surface area contributed by atoms with Gasteiger partial charge in [0.2, 0.25) is 5.69 Å². The molecule has 0 saturated carbocycles. The van der Waals surface area contributed by atoms with Crippen LogP contribution in [0.2, 0.25) is 5.02 Å². The van der Waals surface area contributed by atoms with Crippen LogP contribution in [0, 0.1) is 0 Å². The van der Waals surface area contributed by atoms with E-state index in [1.165, 1.54) is 0 Å². The molecule has 0 unspecified atom stereocenters. The van der Waals surface area contributed by atoms with E-state index in [9.17, 15) is 22.8 Å². The number of carboxylic acid groups (broad SMARTS) is 1. The van der Waals surface area contributed by atoms with E-state index in [1.807, 2.05) is 0 Å². The molecule has 0 aliphatic carbocycles. The van der Waals surface area contributed by atoms with Crippen LogP contribution < -0.4 is 5.56 Å². The van der Waals surface area contributed by atoms with Crippen LogP contribution >= 0.6 is 11.6 Å². The molecule has 0 fully saturated rings. The second kappa shape index (κ2) is 5.21. The normalized spacial score (nSPS) is 11.4. The Bertz CT molecular complexity index is 771. The second-order valence-corrected chi connectivity index (χ2v) is 4.33. The van der Waals surface area contributed by atoms with Gasteiger partial charge in [-0.1, -0.05) is 11.6 Å². The third-order valence-corrected chi connectivity index (χ3v) is 2.90. The van der Waals surface area contributed by atoms with Gasteiger partial charge in [0.15, 0.2) is 0 Å². The summed E-state index contributed by atoms with van der Waals surface area (Å²) in [5.41, 5.74) is -3.18. The standard InChI is InChI=1S/C12H6ClF3N2O3/c13-7-2-1-6(12(14,15)16)5-8(7)18-4-3-17-9(10(18)19)11(20)21/h1-5H,(H,20,21). The molecule has 21 heavy (non-hydrogen) atoms. The van der Waals surface area contributed by atoms with E-state index in [0.29, 0.717) is 10.6 Å². The van der Waals surface area contributed by atoms with Crippen molar-refractivity contribution in [1.82, 2.24) is 9.55 Å². The molecular weight excluding hydrogens is 313 g/mol. The van der Waals surface area contributed by atoms with Gasteiger partial charge in [-0.15, -0.1) is 0 Å². The smallest absolute Gasteiger partial charge is 0.416 e. The second-order valence-electron chi connectivity index (χ2n) is 3.92. The lowest BCUT2D eigenvalue weighted by molar-refractivity contribution is -0.137. The number of rotatable bonds is 2. The van der Waals surface area contributed by atoms with E-state index >= 15 is 0 Å². The molecule has 1 N–H and O–H groups in total. The van der Waals surface area contributed by atoms with Crippen molar-refractivity contribution in [3.8, 4) is 5.69 Å². The lowest BCUT2D eigenvalue weighted by Crippen LogP contribution is -2.26. The van der Waals surface area contributed by atoms with Crippen LogP contribution in [-0.4, -0.2) is 20.6 Å². The SMILES string of the molecule is O=C(O)c1nccn(-c2cc(C(F)(F)F)ccc2Cl)c1=O. The van der Waals surface area contributed by atoms with E-state index in [4.69, 9.17) is 16.7 Å².